The van der Waals surface area contributed by atoms with Crippen LogP contribution in [0.1, 0.15) is 5.56 Å². The number of para-hydroxylation sites is 1. The number of aromatic amines is 1. The average Bonchev–Trinajstić information content (AvgIpc) is 2.46. The van der Waals surface area contributed by atoms with Crippen molar-refractivity contribution in [3.8, 4) is 0 Å². The predicted octanol–water partition coefficient (Wildman–Crippen LogP) is 0.887. The van der Waals surface area contributed by atoms with Gasteiger partial charge in [-0.1, -0.05) is 12.1 Å². The van der Waals surface area contributed by atoms with Crippen molar-refractivity contribution in [1.82, 2.24) is 4.72 Å². The molecule has 0 amide bonds. The van der Waals surface area contributed by atoms with Crippen LogP contribution in [0.5, 0.6) is 0 Å². The molecule has 7 nitrogen and oxygen atoms in total. The molecule has 1 heterocycles. The summed E-state index contributed by atoms with van der Waals surface area (Å²) in [5.41, 5.74) is 0.272. The third-order valence-electron chi connectivity index (χ3n) is 2.59. The molecule has 2 aromatic rings. The highest BCUT2D eigenvalue weighted by Crippen LogP contribution is 2.22. The number of nitrogens with one attached hydrogen (secondary N) is 2. The Balaban J connectivity index is 2.25. The number of nitrogens with zero attached hydrogens (tertiary/aromatic N) is 1. The first kappa shape index (κ1) is 14.1. The van der Waals surface area contributed by atoms with E-state index in [-0.39, 0.29) is 11.4 Å². The lowest BCUT2D eigenvalue weighted by Gasteiger charge is -2.06. The molecule has 0 spiro atoms. The standard InChI is InChI=1S/C12H11N3O4S/c16-15(17)11-5-1-2-6-12(11)20(18,19)14-9-10-4-3-7-13-8-10/h1-8,14H,9H2/p+1. The minimum absolute atomic E-state index is 0.0473. The van der Waals surface area contributed by atoms with Gasteiger partial charge in [-0.05, 0) is 12.1 Å². The Hall–Kier alpha value is -2.32. The monoisotopic (exact) mass is 294 g/mol. The number of pyridine rings is 1. The number of nitro benzene ring substituents is 1. The largest absolute Gasteiger partial charge is 0.289 e. The number of rotatable bonds is 5. The maximum Gasteiger partial charge on any atom is 0.289 e. The zero-order valence-corrected chi connectivity index (χ0v) is 11.1. The fourth-order valence-corrected chi connectivity index (χ4v) is 2.82. The Morgan fingerprint density at radius 3 is 2.60 bits per heavy atom. The van der Waals surface area contributed by atoms with Crippen LogP contribution in [-0.2, 0) is 16.6 Å². The SMILES string of the molecule is O=[N+]([O-])c1ccccc1S(=O)(=O)NCc1ccc[nH+]c1. The second kappa shape index (κ2) is 5.76. The van der Waals surface area contributed by atoms with E-state index in [0.717, 1.165) is 11.6 Å². The Morgan fingerprint density at radius 2 is 1.95 bits per heavy atom. The molecule has 0 aliphatic carbocycles. The van der Waals surface area contributed by atoms with Gasteiger partial charge in [0.15, 0.2) is 17.3 Å². The Kier molecular flexibility index (Phi) is 4.06. The minimum Gasteiger partial charge on any atom is -0.258 e. The smallest absolute Gasteiger partial charge is 0.258 e. The Bertz CT molecular complexity index is 716. The second-order valence-corrected chi connectivity index (χ2v) is 5.70. The van der Waals surface area contributed by atoms with Gasteiger partial charge in [0, 0.05) is 24.2 Å². The van der Waals surface area contributed by atoms with E-state index in [1.807, 2.05) is 0 Å². The van der Waals surface area contributed by atoms with Crippen molar-refractivity contribution in [2.75, 3.05) is 0 Å². The molecular weight excluding hydrogens is 282 g/mol. The maximum absolute atomic E-state index is 12.1. The molecule has 104 valence electrons. The van der Waals surface area contributed by atoms with Crippen LogP contribution < -0.4 is 9.71 Å². The predicted molar refractivity (Wildman–Crippen MR) is 70.1 cm³/mol. The molecule has 0 saturated carbocycles. The van der Waals surface area contributed by atoms with Gasteiger partial charge < -0.3 is 0 Å². The van der Waals surface area contributed by atoms with Gasteiger partial charge in [0.25, 0.3) is 5.69 Å². The number of H-pyrrole nitrogens is 1. The molecule has 1 aromatic carbocycles. The van der Waals surface area contributed by atoms with Crippen LogP contribution in [0.3, 0.4) is 0 Å². The minimum atomic E-state index is -3.94. The average molecular weight is 294 g/mol. The van der Waals surface area contributed by atoms with E-state index in [2.05, 4.69) is 9.71 Å². The Labute approximate surface area is 115 Å². The molecule has 0 fully saturated rings. The molecular formula is C12H12N3O4S+. The maximum atomic E-state index is 12.1. The van der Waals surface area contributed by atoms with Gasteiger partial charge in [0.05, 0.1) is 4.92 Å². The number of aromatic nitrogens is 1. The highest BCUT2D eigenvalue weighted by atomic mass is 32.2. The molecule has 2 rings (SSSR count). The first-order chi connectivity index (χ1) is 9.50. The lowest BCUT2D eigenvalue weighted by Crippen LogP contribution is -2.24. The number of benzene rings is 1. The van der Waals surface area contributed by atoms with E-state index in [1.54, 1.807) is 24.5 Å². The van der Waals surface area contributed by atoms with Crippen molar-refractivity contribution >= 4 is 15.7 Å². The zero-order valence-electron chi connectivity index (χ0n) is 10.3. The van der Waals surface area contributed by atoms with Gasteiger partial charge in [-0.3, -0.25) is 10.1 Å². The van der Waals surface area contributed by atoms with Crippen LogP contribution in [0.15, 0.2) is 53.7 Å². The number of hydrogen-bond acceptors (Lipinski definition) is 4. The summed E-state index contributed by atoms with van der Waals surface area (Å²) in [5.74, 6) is 0. The fraction of sp³-hybridized carbons (Fsp3) is 0.0833. The summed E-state index contributed by atoms with van der Waals surface area (Å²) in [4.78, 5) is 12.6. The van der Waals surface area contributed by atoms with Crippen LogP contribution >= 0.6 is 0 Å². The van der Waals surface area contributed by atoms with E-state index >= 15 is 0 Å². The number of sulfonamides is 1. The van der Waals surface area contributed by atoms with E-state index in [1.165, 1.54) is 18.2 Å². The third-order valence-corrected chi connectivity index (χ3v) is 4.04. The summed E-state index contributed by atoms with van der Waals surface area (Å²) < 4.78 is 26.5. The molecule has 0 aliphatic rings. The van der Waals surface area contributed by atoms with E-state index in [9.17, 15) is 18.5 Å². The molecule has 20 heavy (non-hydrogen) atoms. The molecule has 8 heteroatoms. The highest BCUT2D eigenvalue weighted by Gasteiger charge is 2.24. The van der Waals surface area contributed by atoms with Gasteiger partial charge in [0.1, 0.15) is 0 Å². The molecule has 1 aromatic heterocycles. The molecule has 0 radical (unpaired) electrons. The van der Waals surface area contributed by atoms with E-state index in [4.69, 9.17) is 0 Å². The first-order valence-electron chi connectivity index (χ1n) is 5.69. The van der Waals surface area contributed by atoms with Crippen LogP contribution in [0.25, 0.3) is 0 Å². The summed E-state index contributed by atoms with van der Waals surface area (Å²) in [6, 6.07) is 8.69. The van der Waals surface area contributed by atoms with Crippen molar-refractivity contribution in [1.29, 1.82) is 0 Å². The van der Waals surface area contributed by atoms with Crippen LogP contribution in [0, 0.1) is 10.1 Å². The molecule has 0 atom stereocenters. The molecule has 0 unspecified atom stereocenters. The van der Waals surface area contributed by atoms with Crippen molar-refractivity contribution < 1.29 is 18.3 Å². The topological polar surface area (TPSA) is 103 Å². The lowest BCUT2D eigenvalue weighted by atomic mass is 10.3. The van der Waals surface area contributed by atoms with Gasteiger partial charge in [-0.25, -0.2) is 18.1 Å². The fourth-order valence-electron chi connectivity index (χ4n) is 1.63. The highest BCUT2D eigenvalue weighted by molar-refractivity contribution is 7.89. The Morgan fingerprint density at radius 1 is 1.20 bits per heavy atom. The van der Waals surface area contributed by atoms with E-state index < -0.39 is 20.6 Å². The van der Waals surface area contributed by atoms with Gasteiger partial charge in [-0.2, -0.15) is 0 Å². The van der Waals surface area contributed by atoms with Crippen molar-refractivity contribution in [2.24, 2.45) is 0 Å². The summed E-state index contributed by atoms with van der Waals surface area (Å²) in [7, 11) is -3.94. The van der Waals surface area contributed by atoms with Crippen molar-refractivity contribution in [3.05, 3.63) is 64.5 Å². The van der Waals surface area contributed by atoms with Crippen molar-refractivity contribution in [3.63, 3.8) is 0 Å². The summed E-state index contributed by atoms with van der Waals surface area (Å²) in [6.07, 6.45) is 3.34. The lowest BCUT2D eigenvalue weighted by molar-refractivity contribution is -0.387. The third kappa shape index (κ3) is 3.16. The quantitative estimate of drug-likeness (QED) is 0.653. The normalized spacial score (nSPS) is 11.2. The number of nitro groups is 1. The van der Waals surface area contributed by atoms with Gasteiger partial charge in [-0.15, -0.1) is 0 Å². The van der Waals surface area contributed by atoms with Crippen LogP contribution in [0.2, 0.25) is 0 Å². The molecule has 0 aliphatic heterocycles. The molecule has 0 saturated heterocycles. The summed E-state index contributed by atoms with van der Waals surface area (Å²) in [6.45, 7) is 0.0473. The zero-order chi connectivity index (χ0) is 14.6. The second-order valence-electron chi connectivity index (χ2n) is 3.96. The molecule has 2 N–H and O–H groups in total. The van der Waals surface area contributed by atoms with E-state index in [0.29, 0.717) is 0 Å². The first-order valence-corrected chi connectivity index (χ1v) is 7.17. The van der Waals surface area contributed by atoms with Crippen LogP contribution in [0.4, 0.5) is 5.69 Å². The van der Waals surface area contributed by atoms with Crippen LogP contribution in [-0.4, -0.2) is 13.3 Å². The van der Waals surface area contributed by atoms with Gasteiger partial charge in [0.2, 0.25) is 10.0 Å². The number of hydrogen-bond donors (Lipinski definition) is 1. The van der Waals surface area contributed by atoms with Gasteiger partial charge >= 0.3 is 0 Å². The summed E-state index contributed by atoms with van der Waals surface area (Å²) >= 11 is 0. The molecule has 0 bridgehead atoms. The van der Waals surface area contributed by atoms with Crippen molar-refractivity contribution in [2.45, 2.75) is 11.4 Å². The summed E-state index contributed by atoms with van der Waals surface area (Å²) in [5, 5.41) is 10.9.